The normalized spacial score (nSPS) is 25.7. The summed E-state index contributed by atoms with van der Waals surface area (Å²) in [7, 11) is 3.04. The van der Waals surface area contributed by atoms with Crippen LogP contribution in [0.5, 0.6) is 5.75 Å². The molecule has 1 unspecified atom stereocenters. The van der Waals surface area contributed by atoms with Crippen LogP contribution < -0.4 is 10.1 Å². The minimum atomic E-state index is -0.624. The molecule has 196 valence electrons. The number of carbonyl (C=O) groups is 2. The van der Waals surface area contributed by atoms with Crippen LogP contribution in [-0.4, -0.2) is 55.3 Å². The topological polar surface area (TPSA) is 77.1 Å². The van der Waals surface area contributed by atoms with Crippen LogP contribution in [0.2, 0.25) is 0 Å². The van der Waals surface area contributed by atoms with Crippen molar-refractivity contribution in [3.63, 3.8) is 0 Å². The number of carbonyl (C=O) groups excluding carboxylic acids is 2. The summed E-state index contributed by atoms with van der Waals surface area (Å²) >= 11 is 0. The summed E-state index contributed by atoms with van der Waals surface area (Å²) < 4.78 is 16.8. The number of methoxy groups -OCH3 is 2. The van der Waals surface area contributed by atoms with Gasteiger partial charge in [-0.25, -0.2) is 0 Å². The van der Waals surface area contributed by atoms with Gasteiger partial charge in [0.25, 0.3) is 0 Å². The highest BCUT2D eigenvalue weighted by molar-refractivity contribution is 5.84. The SMILES string of the molecule is COC(=O)[C@H]1[C@H](N(Cc2ccccc2)C(C(=O)NC2CCCCC2)c2ccc(OC)cc2)[C@@H]2C=C[C@H]1O2. The third-order valence-electron chi connectivity index (χ3n) is 7.89. The smallest absolute Gasteiger partial charge is 0.313 e. The van der Waals surface area contributed by atoms with E-state index in [0.29, 0.717) is 6.54 Å². The van der Waals surface area contributed by atoms with Crippen LogP contribution in [0.3, 0.4) is 0 Å². The molecule has 0 radical (unpaired) electrons. The summed E-state index contributed by atoms with van der Waals surface area (Å²) in [4.78, 5) is 29.3. The van der Waals surface area contributed by atoms with Gasteiger partial charge in [-0.3, -0.25) is 14.5 Å². The highest BCUT2D eigenvalue weighted by Crippen LogP contribution is 2.42. The Labute approximate surface area is 218 Å². The number of hydrogen-bond acceptors (Lipinski definition) is 6. The fourth-order valence-electron chi connectivity index (χ4n) is 6.06. The fourth-order valence-corrected chi connectivity index (χ4v) is 6.06. The van der Waals surface area contributed by atoms with E-state index >= 15 is 0 Å². The number of nitrogens with zero attached hydrogens (tertiary/aromatic N) is 1. The summed E-state index contributed by atoms with van der Waals surface area (Å²) in [6, 6.07) is 16.9. The van der Waals surface area contributed by atoms with E-state index < -0.39 is 12.0 Å². The number of amides is 1. The lowest BCUT2D eigenvalue weighted by Gasteiger charge is -2.40. The van der Waals surface area contributed by atoms with Gasteiger partial charge in [0.1, 0.15) is 17.7 Å². The number of hydrogen-bond donors (Lipinski definition) is 1. The zero-order valence-corrected chi connectivity index (χ0v) is 21.5. The summed E-state index contributed by atoms with van der Waals surface area (Å²) in [6.45, 7) is 0.480. The zero-order chi connectivity index (χ0) is 25.8. The number of rotatable bonds is 9. The van der Waals surface area contributed by atoms with Gasteiger partial charge >= 0.3 is 5.97 Å². The summed E-state index contributed by atoms with van der Waals surface area (Å²) in [6.07, 6.45) is 8.73. The molecule has 37 heavy (non-hydrogen) atoms. The number of nitrogens with one attached hydrogen (secondary N) is 1. The van der Waals surface area contributed by atoms with Gasteiger partial charge < -0.3 is 19.5 Å². The van der Waals surface area contributed by atoms with Gasteiger partial charge in [-0.05, 0) is 36.1 Å². The lowest BCUT2D eigenvalue weighted by molar-refractivity contribution is -0.149. The second kappa shape index (κ2) is 11.5. The first-order valence-electron chi connectivity index (χ1n) is 13.2. The van der Waals surface area contributed by atoms with Crippen molar-refractivity contribution < 1.29 is 23.8 Å². The molecular formula is C30H36N2O5. The minimum absolute atomic E-state index is 0.0524. The molecule has 1 amide bonds. The maximum Gasteiger partial charge on any atom is 0.313 e. The van der Waals surface area contributed by atoms with Crippen LogP contribution in [0.4, 0.5) is 0 Å². The van der Waals surface area contributed by atoms with Gasteiger partial charge in [0.2, 0.25) is 5.91 Å². The Balaban J connectivity index is 1.56. The average Bonchev–Trinajstić information content (AvgIpc) is 3.56. The van der Waals surface area contributed by atoms with Crippen LogP contribution in [0.15, 0.2) is 66.7 Å². The number of ether oxygens (including phenoxy) is 3. The molecule has 5 atom stereocenters. The molecule has 1 saturated heterocycles. The first-order chi connectivity index (χ1) is 18.1. The molecule has 7 nitrogen and oxygen atoms in total. The van der Waals surface area contributed by atoms with Crippen molar-refractivity contribution in [2.45, 2.75) is 69.0 Å². The molecule has 5 rings (SSSR count). The quantitative estimate of drug-likeness (QED) is 0.408. The first kappa shape index (κ1) is 25.5. The van der Waals surface area contributed by atoms with E-state index in [0.717, 1.165) is 42.6 Å². The van der Waals surface area contributed by atoms with Crippen molar-refractivity contribution in [2.24, 2.45) is 5.92 Å². The summed E-state index contributed by atoms with van der Waals surface area (Å²) in [5, 5.41) is 3.35. The number of esters is 1. The van der Waals surface area contributed by atoms with E-state index in [9.17, 15) is 9.59 Å². The Morgan fingerprint density at radius 3 is 2.35 bits per heavy atom. The molecule has 2 aliphatic heterocycles. The third-order valence-corrected chi connectivity index (χ3v) is 7.89. The van der Waals surface area contributed by atoms with E-state index in [-0.39, 0.29) is 36.2 Å². The molecule has 2 aromatic rings. The summed E-state index contributed by atoms with van der Waals surface area (Å²) in [5.41, 5.74) is 1.90. The Morgan fingerprint density at radius 1 is 0.973 bits per heavy atom. The molecule has 7 heteroatoms. The molecule has 1 N–H and O–H groups in total. The average molecular weight is 505 g/mol. The fraction of sp³-hybridized carbons (Fsp3) is 0.467. The van der Waals surface area contributed by atoms with Crippen LogP contribution in [0.25, 0.3) is 0 Å². The van der Waals surface area contributed by atoms with Crippen molar-refractivity contribution in [3.8, 4) is 5.75 Å². The molecule has 2 heterocycles. The van der Waals surface area contributed by atoms with Gasteiger partial charge in [0.15, 0.2) is 0 Å². The first-order valence-corrected chi connectivity index (χ1v) is 13.2. The van der Waals surface area contributed by atoms with Crippen molar-refractivity contribution in [1.29, 1.82) is 0 Å². The van der Waals surface area contributed by atoms with Crippen molar-refractivity contribution in [3.05, 3.63) is 77.9 Å². The lowest BCUT2D eigenvalue weighted by Crippen LogP contribution is -2.54. The molecule has 1 saturated carbocycles. The Hall–Kier alpha value is -3.16. The molecule has 0 spiro atoms. The molecule has 2 fully saturated rings. The molecule has 1 aliphatic carbocycles. The van der Waals surface area contributed by atoms with Gasteiger partial charge in [0.05, 0.1) is 32.5 Å². The standard InChI is InChI=1S/C30H36N2O5/c1-35-23-15-13-21(14-16-23)27(29(33)31-22-11-7-4-8-12-22)32(19-20-9-5-3-6-10-20)28-25-18-17-24(37-25)26(28)30(34)36-2/h3,5-6,9-10,13-18,22,24-28H,4,7-8,11-12,19H2,1-2H3,(H,31,33)/t24-,25+,26-,27?,28-/m1/s1. The second-order valence-corrected chi connectivity index (χ2v) is 10.2. The zero-order valence-electron chi connectivity index (χ0n) is 21.5. The highest BCUT2D eigenvalue weighted by Gasteiger charge is 2.54. The Kier molecular flexibility index (Phi) is 7.91. The Morgan fingerprint density at radius 2 is 1.68 bits per heavy atom. The molecule has 2 bridgehead atoms. The molecule has 3 aliphatic rings. The van der Waals surface area contributed by atoms with Gasteiger partial charge in [-0.1, -0.05) is 73.9 Å². The van der Waals surface area contributed by atoms with Crippen LogP contribution in [0, 0.1) is 5.92 Å². The number of fused-ring (bicyclic) bond motifs is 2. The molecular weight excluding hydrogens is 468 g/mol. The minimum Gasteiger partial charge on any atom is -0.497 e. The van der Waals surface area contributed by atoms with Crippen molar-refractivity contribution >= 4 is 11.9 Å². The van der Waals surface area contributed by atoms with Gasteiger partial charge in [-0.2, -0.15) is 0 Å². The maximum absolute atomic E-state index is 14.1. The van der Waals surface area contributed by atoms with E-state index in [1.807, 2.05) is 66.7 Å². The predicted octanol–water partition coefficient (Wildman–Crippen LogP) is 4.18. The van der Waals surface area contributed by atoms with Crippen molar-refractivity contribution in [1.82, 2.24) is 10.2 Å². The highest BCUT2D eigenvalue weighted by atomic mass is 16.5. The number of benzene rings is 2. The van der Waals surface area contributed by atoms with E-state index in [1.54, 1.807) is 7.11 Å². The van der Waals surface area contributed by atoms with E-state index in [4.69, 9.17) is 14.2 Å². The van der Waals surface area contributed by atoms with Crippen LogP contribution in [-0.2, 0) is 25.6 Å². The monoisotopic (exact) mass is 504 g/mol. The predicted molar refractivity (Wildman–Crippen MR) is 140 cm³/mol. The molecule has 0 aromatic heterocycles. The van der Waals surface area contributed by atoms with E-state index in [2.05, 4.69) is 10.2 Å². The third kappa shape index (κ3) is 5.43. The molecule has 2 aromatic carbocycles. The van der Waals surface area contributed by atoms with Crippen LogP contribution in [0.1, 0.15) is 49.3 Å². The van der Waals surface area contributed by atoms with Crippen molar-refractivity contribution in [2.75, 3.05) is 14.2 Å². The Bertz CT molecular complexity index is 1100. The van der Waals surface area contributed by atoms with Crippen LogP contribution >= 0.6 is 0 Å². The maximum atomic E-state index is 14.1. The largest absolute Gasteiger partial charge is 0.497 e. The summed E-state index contributed by atoms with van der Waals surface area (Å²) in [5.74, 6) is -0.167. The van der Waals surface area contributed by atoms with Gasteiger partial charge in [-0.15, -0.1) is 0 Å². The second-order valence-electron chi connectivity index (χ2n) is 10.2. The van der Waals surface area contributed by atoms with E-state index in [1.165, 1.54) is 13.5 Å². The van der Waals surface area contributed by atoms with Gasteiger partial charge in [0, 0.05) is 12.6 Å². The lowest BCUT2D eigenvalue weighted by atomic mass is 9.85.